The summed E-state index contributed by atoms with van der Waals surface area (Å²) in [5.41, 5.74) is 8.69. The van der Waals surface area contributed by atoms with Gasteiger partial charge in [-0.15, -0.1) is 0 Å². The molecule has 0 bridgehead atoms. The molecule has 0 radical (unpaired) electrons. The van der Waals surface area contributed by atoms with Crippen molar-refractivity contribution in [3.8, 4) is 11.1 Å². The largest absolute Gasteiger partial charge is 0.393 e. The summed E-state index contributed by atoms with van der Waals surface area (Å²) in [5.74, 6) is 1.42. The van der Waals surface area contributed by atoms with Crippen LogP contribution >= 0.6 is 0 Å². The summed E-state index contributed by atoms with van der Waals surface area (Å²) < 4.78 is 0. The highest BCUT2D eigenvalue weighted by Crippen LogP contribution is 2.33. The predicted octanol–water partition coefficient (Wildman–Crippen LogP) is 1.64. The van der Waals surface area contributed by atoms with Gasteiger partial charge in [0.15, 0.2) is 0 Å². The number of aliphatic hydroxyl groups is 1. The zero-order chi connectivity index (χ0) is 15.5. The van der Waals surface area contributed by atoms with Crippen LogP contribution in [0.25, 0.3) is 11.1 Å². The molecule has 22 heavy (non-hydrogen) atoms. The van der Waals surface area contributed by atoms with Crippen molar-refractivity contribution in [2.45, 2.75) is 32.3 Å². The molecule has 6 heteroatoms. The van der Waals surface area contributed by atoms with Crippen molar-refractivity contribution < 1.29 is 5.11 Å². The Morgan fingerprint density at radius 1 is 1.23 bits per heavy atom. The Morgan fingerprint density at radius 3 is 2.64 bits per heavy atom. The molecule has 116 valence electrons. The first kappa shape index (κ1) is 14.7. The Kier molecular flexibility index (Phi) is 4.20. The first-order valence-electron chi connectivity index (χ1n) is 7.67. The maximum Gasteiger partial charge on any atom is 0.140 e. The summed E-state index contributed by atoms with van der Waals surface area (Å²) in [7, 11) is 0. The average Bonchev–Trinajstić information content (AvgIpc) is 2.56. The molecule has 3 rings (SSSR count). The van der Waals surface area contributed by atoms with E-state index in [1.807, 2.05) is 6.07 Å². The third-order valence-corrected chi connectivity index (χ3v) is 4.08. The number of aromatic nitrogens is 3. The number of nitrogens with two attached hydrogens (primary N) is 1. The number of aryl methyl sites for hydroxylation is 1. The molecule has 0 aliphatic carbocycles. The van der Waals surface area contributed by atoms with Gasteiger partial charge in [0.05, 0.1) is 11.8 Å². The fourth-order valence-corrected chi connectivity index (χ4v) is 2.85. The molecule has 0 atom stereocenters. The van der Waals surface area contributed by atoms with Crippen molar-refractivity contribution in [3.05, 3.63) is 30.4 Å². The lowest BCUT2D eigenvalue weighted by atomic mass is 10.0. The fraction of sp³-hybridized carbons (Fsp3) is 0.438. The van der Waals surface area contributed by atoms with Crippen LogP contribution in [-0.4, -0.2) is 39.3 Å². The second kappa shape index (κ2) is 6.27. The topological polar surface area (TPSA) is 88.2 Å². The van der Waals surface area contributed by atoms with Crippen LogP contribution in [0.15, 0.2) is 24.7 Å². The number of hydrogen-bond donors (Lipinski definition) is 2. The molecule has 0 unspecified atom stereocenters. The number of hydrogen-bond acceptors (Lipinski definition) is 6. The molecule has 1 saturated heterocycles. The summed E-state index contributed by atoms with van der Waals surface area (Å²) in [6, 6.07) is 3.76. The number of rotatable bonds is 3. The maximum atomic E-state index is 9.71. The Labute approximate surface area is 130 Å². The summed E-state index contributed by atoms with van der Waals surface area (Å²) in [4.78, 5) is 15.3. The maximum absolute atomic E-state index is 9.71. The van der Waals surface area contributed by atoms with Gasteiger partial charge in [-0.2, -0.15) is 0 Å². The number of nitrogen functional groups attached to an aromatic ring is 1. The van der Waals surface area contributed by atoms with Crippen molar-refractivity contribution in [2.75, 3.05) is 23.7 Å². The summed E-state index contributed by atoms with van der Waals surface area (Å²) in [6.45, 7) is 3.69. The van der Waals surface area contributed by atoms with Gasteiger partial charge in [0.1, 0.15) is 18.0 Å². The second-order valence-corrected chi connectivity index (χ2v) is 5.56. The van der Waals surface area contributed by atoms with E-state index in [2.05, 4.69) is 26.8 Å². The SMILES string of the molecule is CCc1ncnc(N2CCC(O)CC2)c1-c1ccc(N)nc1. The van der Waals surface area contributed by atoms with E-state index in [4.69, 9.17) is 5.73 Å². The third-order valence-electron chi connectivity index (χ3n) is 4.08. The molecule has 1 fully saturated rings. The van der Waals surface area contributed by atoms with E-state index in [0.29, 0.717) is 5.82 Å². The van der Waals surface area contributed by atoms with Gasteiger partial charge in [-0.05, 0) is 31.4 Å². The fourth-order valence-electron chi connectivity index (χ4n) is 2.85. The highest BCUT2D eigenvalue weighted by atomic mass is 16.3. The first-order valence-corrected chi connectivity index (χ1v) is 7.67. The monoisotopic (exact) mass is 299 g/mol. The normalized spacial score (nSPS) is 16.0. The number of nitrogens with zero attached hydrogens (tertiary/aromatic N) is 4. The van der Waals surface area contributed by atoms with Crippen LogP contribution < -0.4 is 10.6 Å². The van der Waals surface area contributed by atoms with Gasteiger partial charge in [-0.25, -0.2) is 15.0 Å². The Hall–Kier alpha value is -2.21. The first-order chi connectivity index (χ1) is 10.7. The average molecular weight is 299 g/mol. The van der Waals surface area contributed by atoms with Crippen molar-refractivity contribution in [2.24, 2.45) is 0 Å². The van der Waals surface area contributed by atoms with Crippen molar-refractivity contribution in [1.82, 2.24) is 15.0 Å². The van der Waals surface area contributed by atoms with Crippen LogP contribution in [0.2, 0.25) is 0 Å². The molecule has 2 aromatic rings. The number of piperidine rings is 1. The Bertz CT molecular complexity index is 635. The van der Waals surface area contributed by atoms with Crippen LogP contribution in [0, 0.1) is 0 Å². The lowest BCUT2D eigenvalue weighted by Crippen LogP contribution is -2.36. The standard InChI is InChI=1S/C16H21N5O/c1-2-13-15(11-3-4-14(17)18-9-11)16(20-10-19-13)21-7-5-12(22)6-8-21/h3-4,9-10,12,22H,2,5-8H2,1H3,(H2,17,18). The molecular formula is C16H21N5O. The van der Waals surface area contributed by atoms with Crippen LogP contribution in [0.3, 0.4) is 0 Å². The molecule has 0 spiro atoms. The van der Waals surface area contributed by atoms with E-state index < -0.39 is 0 Å². The van der Waals surface area contributed by atoms with Crippen molar-refractivity contribution in [3.63, 3.8) is 0 Å². The number of aliphatic hydroxyl groups excluding tert-OH is 1. The zero-order valence-electron chi connectivity index (χ0n) is 12.7. The van der Waals surface area contributed by atoms with Gasteiger partial charge < -0.3 is 15.7 Å². The van der Waals surface area contributed by atoms with Gasteiger partial charge in [0, 0.05) is 30.4 Å². The predicted molar refractivity (Wildman–Crippen MR) is 86.5 cm³/mol. The lowest BCUT2D eigenvalue weighted by Gasteiger charge is -2.32. The van der Waals surface area contributed by atoms with Crippen LogP contribution in [0.5, 0.6) is 0 Å². The van der Waals surface area contributed by atoms with Crippen LogP contribution in [-0.2, 0) is 6.42 Å². The number of anilines is 2. The molecule has 0 aromatic carbocycles. The summed E-state index contributed by atoms with van der Waals surface area (Å²) in [5, 5.41) is 9.71. The Morgan fingerprint density at radius 2 is 2.00 bits per heavy atom. The summed E-state index contributed by atoms with van der Waals surface area (Å²) >= 11 is 0. The molecule has 3 heterocycles. The smallest absolute Gasteiger partial charge is 0.140 e. The van der Waals surface area contributed by atoms with E-state index in [9.17, 15) is 5.11 Å². The third kappa shape index (κ3) is 2.87. The molecule has 0 amide bonds. The van der Waals surface area contributed by atoms with Gasteiger partial charge >= 0.3 is 0 Å². The van der Waals surface area contributed by atoms with E-state index >= 15 is 0 Å². The van der Waals surface area contributed by atoms with Crippen LogP contribution in [0.4, 0.5) is 11.6 Å². The van der Waals surface area contributed by atoms with Crippen LogP contribution in [0.1, 0.15) is 25.5 Å². The minimum absolute atomic E-state index is 0.203. The van der Waals surface area contributed by atoms with Gasteiger partial charge in [-0.3, -0.25) is 0 Å². The highest BCUT2D eigenvalue weighted by Gasteiger charge is 2.23. The van der Waals surface area contributed by atoms with E-state index in [-0.39, 0.29) is 6.10 Å². The molecule has 2 aromatic heterocycles. The minimum atomic E-state index is -0.203. The lowest BCUT2D eigenvalue weighted by molar-refractivity contribution is 0.145. The van der Waals surface area contributed by atoms with Gasteiger partial charge in [0.25, 0.3) is 0 Å². The quantitative estimate of drug-likeness (QED) is 0.896. The molecule has 0 saturated carbocycles. The van der Waals surface area contributed by atoms with Crippen molar-refractivity contribution in [1.29, 1.82) is 0 Å². The zero-order valence-corrected chi connectivity index (χ0v) is 12.7. The van der Waals surface area contributed by atoms with Gasteiger partial charge in [-0.1, -0.05) is 6.92 Å². The van der Waals surface area contributed by atoms with Crippen molar-refractivity contribution >= 4 is 11.6 Å². The second-order valence-electron chi connectivity index (χ2n) is 5.56. The minimum Gasteiger partial charge on any atom is -0.393 e. The Balaban J connectivity index is 2.04. The number of pyridine rings is 1. The molecular weight excluding hydrogens is 278 g/mol. The highest BCUT2D eigenvalue weighted by molar-refractivity contribution is 5.77. The van der Waals surface area contributed by atoms with E-state index in [1.165, 1.54) is 0 Å². The van der Waals surface area contributed by atoms with Gasteiger partial charge in [0.2, 0.25) is 0 Å². The van der Waals surface area contributed by atoms with E-state index in [0.717, 1.165) is 55.0 Å². The molecule has 3 N–H and O–H groups in total. The molecule has 1 aliphatic rings. The van der Waals surface area contributed by atoms with E-state index in [1.54, 1.807) is 18.6 Å². The summed E-state index contributed by atoms with van der Waals surface area (Å²) in [6.07, 6.45) is 5.55. The molecule has 6 nitrogen and oxygen atoms in total. The molecule has 1 aliphatic heterocycles.